The number of amides is 2. The molecule has 4 heterocycles. The van der Waals surface area contributed by atoms with Crippen molar-refractivity contribution in [1.82, 2.24) is 24.5 Å². The summed E-state index contributed by atoms with van der Waals surface area (Å²) in [7, 11) is 3.41. The van der Waals surface area contributed by atoms with Gasteiger partial charge in [-0.2, -0.15) is 5.10 Å². The molecular weight excluding hydrogens is 470 g/mol. The van der Waals surface area contributed by atoms with Crippen molar-refractivity contribution in [3.63, 3.8) is 0 Å². The molecule has 1 saturated heterocycles. The standard InChI is InChI=1S/C27H27N7O3/c1-31-17-28-26(30-31)25-24-22(34(29-25)20-10-12-21(37-2)13-11-20)14-16-33(27(24)36)19-8-6-18(7-9-19)32-15-4-3-5-23(32)35/h6-13,17H,3-5,14-16H2,1-2H3. The van der Waals surface area contributed by atoms with Gasteiger partial charge in [-0.3, -0.25) is 14.3 Å². The van der Waals surface area contributed by atoms with Gasteiger partial charge in [0.05, 0.1) is 24.1 Å². The molecule has 6 rings (SSSR count). The minimum Gasteiger partial charge on any atom is -0.497 e. The second-order valence-corrected chi connectivity index (χ2v) is 9.25. The van der Waals surface area contributed by atoms with E-state index in [2.05, 4.69) is 10.1 Å². The summed E-state index contributed by atoms with van der Waals surface area (Å²) in [6.45, 7) is 1.24. The summed E-state index contributed by atoms with van der Waals surface area (Å²) in [6.07, 6.45) is 4.73. The largest absolute Gasteiger partial charge is 0.497 e. The van der Waals surface area contributed by atoms with Gasteiger partial charge in [-0.25, -0.2) is 9.67 Å². The summed E-state index contributed by atoms with van der Waals surface area (Å²) < 4.78 is 8.70. The van der Waals surface area contributed by atoms with Gasteiger partial charge in [0.1, 0.15) is 17.8 Å². The zero-order valence-corrected chi connectivity index (χ0v) is 20.8. The molecule has 0 saturated carbocycles. The van der Waals surface area contributed by atoms with Gasteiger partial charge in [-0.15, -0.1) is 5.10 Å². The number of hydrogen-bond acceptors (Lipinski definition) is 6. The van der Waals surface area contributed by atoms with E-state index in [0.29, 0.717) is 36.5 Å². The summed E-state index contributed by atoms with van der Waals surface area (Å²) in [5.41, 5.74) is 4.26. The van der Waals surface area contributed by atoms with Crippen LogP contribution in [-0.2, 0) is 18.3 Å². The number of ether oxygens (including phenoxy) is 1. The van der Waals surface area contributed by atoms with Crippen molar-refractivity contribution in [3.05, 3.63) is 66.1 Å². The monoisotopic (exact) mass is 497 g/mol. The Labute approximate surface area is 214 Å². The molecule has 2 aliphatic rings. The van der Waals surface area contributed by atoms with Gasteiger partial charge < -0.3 is 14.5 Å². The van der Waals surface area contributed by atoms with Crippen LogP contribution in [-0.4, -0.2) is 56.6 Å². The average molecular weight is 498 g/mol. The van der Waals surface area contributed by atoms with E-state index >= 15 is 0 Å². The molecule has 0 spiro atoms. The van der Waals surface area contributed by atoms with E-state index < -0.39 is 0 Å². The van der Waals surface area contributed by atoms with Crippen molar-refractivity contribution in [2.24, 2.45) is 7.05 Å². The molecule has 2 aliphatic heterocycles. The van der Waals surface area contributed by atoms with Gasteiger partial charge in [0.25, 0.3) is 5.91 Å². The summed E-state index contributed by atoms with van der Waals surface area (Å²) in [5, 5.41) is 9.24. The van der Waals surface area contributed by atoms with E-state index in [1.807, 2.05) is 53.4 Å². The number of carbonyl (C=O) groups is 2. The molecular formula is C27H27N7O3. The van der Waals surface area contributed by atoms with Crippen LogP contribution in [0.5, 0.6) is 5.75 Å². The molecule has 37 heavy (non-hydrogen) atoms. The van der Waals surface area contributed by atoms with E-state index in [-0.39, 0.29) is 11.8 Å². The first-order chi connectivity index (χ1) is 18.0. The van der Waals surface area contributed by atoms with E-state index in [0.717, 1.165) is 47.9 Å². The molecule has 10 heteroatoms. The van der Waals surface area contributed by atoms with E-state index in [9.17, 15) is 9.59 Å². The smallest absolute Gasteiger partial charge is 0.262 e. The van der Waals surface area contributed by atoms with E-state index in [1.165, 1.54) is 0 Å². The number of rotatable bonds is 5. The van der Waals surface area contributed by atoms with Crippen LogP contribution in [0.3, 0.4) is 0 Å². The Morgan fingerprint density at radius 1 is 0.811 bits per heavy atom. The maximum Gasteiger partial charge on any atom is 0.262 e. The lowest BCUT2D eigenvalue weighted by molar-refractivity contribution is -0.119. The number of anilines is 2. The van der Waals surface area contributed by atoms with Crippen LogP contribution in [0.15, 0.2) is 54.9 Å². The molecule has 4 aromatic rings. The van der Waals surface area contributed by atoms with Crippen LogP contribution < -0.4 is 14.5 Å². The fourth-order valence-electron chi connectivity index (χ4n) is 5.04. The Bertz CT molecular complexity index is 1470. The zero-order valence-electron chi connectivity index (χ0n) is 20.8. The molecule has 2 aromatic carbocycles. The fourth-order valence-corrected chi connectivity index (χ4v) is 5.04. The molecule has 2 amide bonds. The number of nitrogens with zero attached hydrogens (tertiary/aromatic N) is 7. The average Bonchev–Trinajstić information content (AvgIpc) is 3.53. The highest BCUT2D eigenvalue weighted by Crippen LogP contribution is 2.33. The van der Waals surface area contributed by atoms with Gasteiger partial charge >= 0.3 is 0 Å². The van der Waals surface area contributed by atoms with Gasteiger partial charge in [-0.05, 0) is 61.4 Å². The van der Waals surface area contributed by atoms with Gasteiger partial charge in [0, 0.05) is 44.4 Å². The molecule has 0 aliphatic carbocycles. The maximum atomic E-state index is 13.9. The maximum absolute atomic E-state index is 13.9. The van der Waals surface area contributed by atoms with Crippen molar-refractivity contribution in [2.45, 2.75) is 25.7 Å². The quantitative estimate of drug-likeness (QED) is 0.419. The second kappa shape index (κ2) is 9.20. The van der Waals surface area contributed by atoms with Crippen molar-refractivity contribution in [1.29, 1.82) is 0 Å². The SMILES string of the molecule is COc1ccc(-n2nc(-c3ncn(C)n3)c3c2CCN(c2ccc(N4CCCCC4=O)cc2)C3=O)cc1. The Morgan fingerprint density at radius 3 is 2.16 bits per heavy atom. The zero-order chi connectivity index (χ0) is 25.5. The third-order valence-corrected chi connectivity index (χ3v) is 6.94. The number of aromatic nitrogens is 5. The predicted molar refractivity (Wildman–Crippen MR) is 138 cm³/mol. The second-order valence-electron chi connectivity index (χ2n) is 9.25. The summed E-state index contributed by atoms with van der Waals surface area (Å²) in [4.78, 5) is 34.2. The Hall–Kier alpha value is -4.47. The molecule has 2 aromatic heterocycles. The highest BCUT2D eigenvalue weighted by molar-refractivity contribution is 6.11. The lowest BCUT2D eigenvalue weighted by Gasteiger charge is -2.29. The molecule has 1 fully saturated rings. The van der Waals surface area contributed by atoms with Crippen molar-refractivity contribution >= 4 is 23.2 Å². The first kappa shape index (κ1) is 23.0. The number of aryl methyl sites for hydroxylation is 1. The van der Waals surface area contributed by atoms with Crippen LogP contribution in [0.25, 0.3) is 17.2 Å². The van der Waals surface area contributed by atoms with Gasteiger partial charge in [0.15, 0.2) is 0 Å². The van der Waals surface area contributed by atoms with Crippen LogP contribution in [0.2, 0.25) is 0 Å². The van der Waals surface area contributed by atoms with Crippen molar-refractivity contribution in [3.8, 4) is 23.0 Å². The van der Waals surface area contributed by atoms with E-state index in [1.54, 1.807) is 34.7 Å². The molecule has 0 unspecified atom stereocenters. The van der Waals surface area contributed by atoms with Crippen LogP contribution in [0.4, 0.5) is 11.4 Å². The fraction of sp³-hybridized carbons (Fsp3) is 0.296. The third-order valence-electron chi connectivity index (χ3n) is 6.94. The number of benzene rings is 2. The molecule has 10 nitrogen and oxygen atoms in total. The molecule has 0 radical (unpaired) electrons. The number of carbonyl (C=O) groups excluding carboxylic acids is 2. The van der Waals surface area contributed by atoms with Gasteiger partial charge in [-0.1, -0.05) is 0 Å². The van der Waals surface area contributed by atoms with Crippen molar-refractivity contribution < 1.29 is 14.3 Å². The Balaban J connectivity index is 1.37. The number of piperidine rings is 1. The third kappa shape index (κ3) is 4.04. The number of hydrogen-bond donors (Lipinski definition) is 0. The topological polar surface area (TPSA) is 98.4 Å². The number of fused-ring (bicyclic) bond motifs is 1. The molecule has 188 valence electrons. The summed E-state index contributed by atoms with van der Waals surface area (Å²) >= 11 is 0. The first-order valence-corrected chi connectivity index (χ1v) is 12.4. The molecule has 0 bridgehead atoms. The van der Waals surface area contributed by atoms with Gasteiger partial charge in [0.2, 0.25) is 11.7 Å². The van der Waals surface area contributed by atoms with Crippen LogP contribution in [0, 0.1) is 0 Å². The van der Waals surface area contributed by atoms with Crippen LogP contribution in [0.1, 0.15) is 35.3 Å². The predicted octanol–water partition coefficient (Wildman–Crippen LogP) is 3.40. The highest BCUT2D eigenvalue weighted by atomic mass is 16.5. The molecule has 0 atom stereocenters. The lowest BCUT2D eigenvalue weighted by atomic mass is 10.0. The molecule has 0 N–H and O–H groups in total. The Kier molecular flexibility index (Phi) is 5.71. The lowest BCUT2D eigenvalue weighted by Crippen LogP contribution is -2.38. The minimum atomic E-state index is -0.148. The summed E-state index contributed by atoms with van der Waals surface area (Å²) in [6, 6.07) is 15.2. The number of methoxy groups -OCH3 is 1. The Morgan fingerprint density at radius 2 is 1.51 bits per heavy atom. The minimum absolute atomic E-state index is 0.148. The van der Waals surface area contributed by atoms with Crippen molar-refractivity contribution in [2.75, 3.05) is 30.0 Å². The van der Waals surface area contributed by atoms with Crippen LogP contribution >= 0.6 is 0 Å². The van der Waals surface area contributed by atoms with E-state index in [4.69, 9.17) is 9.84 Å². The highest BCUT2D eigenvalue weighted by Gasteiger charge is 2.35. The first-order valence-electron chi connectivity index (χ1n) is 12.4. The summed E-state index contributed by atoms with van der Waals surface area (Å²) in [5.74, 6) is 1.15. The normalized spacial score (nSPS) is 15.7.